The molecule has 0 radical (unpaired) electrons. The third kappa shape index (κ3) is 2.81. The smallest absolute Gasteiger partial charge is 0.141 e. The molecule has 0 aliphatic carbocycles. The van der Waals surface area contributed by atoms with E-state index in [1.807, 2.05) is 6.07 Å². The van der Waals surface area contributed by atoms with Crippen molar-refractivity contribution in [2.24, 2.45) is 10.2 Å². The van der Waals surface area contributed by atoms with Crippen LogP contribution in [0.2, 0.25) is 0 Å². The molecule has 0 saturated heterocycles. The normalized spacial score (nSPS) is 11.2. The third-order valence-corrected chi connectivity index (χ3v) is 3.09. The second-order valence-electron chi connectivity index (χ2n) is 4.57. The van der Waals surface area contributed by atoms with Gasteiger partial charge in [-0.15, -0.1) is 0 Å². The summed E-state index contributed by atoms with van der Waals surface area (Å²) in [5.74, 6) is 0.356. The molecule has 104 valence electrons. The minimum absolute atomic E-state index is 0.128. The molecule has 0 aliphatic rings. The molecule has 1 heterocycles. The molecule has 3 rings (SSSR count). The first-order chi connectivity index (χ1) is 10.2. The first-order valence-electron chi connectivity index (χ1n) is 6.46. The number of aromatic hydroxyl groups is 2. The van der Waals surface area contributed by atoms with Crippen LogP contribution < -0.4 is 0 Å². The summed E-state index contributed by atoms with van der Waals surface area (Å²) in [6.07, 6.45) is 1.62. The molecule has 0 spiro atoms. The van der Waals surface area contributed by atoms with Gasteiger partial charge in [-0.05, 0) is 42.0 Å². The van der Waals surface area contributed by atoms with E-state index in [1.54, 1.807) is 48.7 Å². The van der Waals surface area contributed by atoms with E-state index in [-0.39, 0.29) is 11.5 Å². The molecule has 3 aromatic rings. The van der Waals surface area contributed by atoms with Gasteiger partial charge < -0.3 is 10.2 Å². The van der Waals surface area contributed by atoms with E-state index < -0.39 is 0 Å². The summed E-state index contributed by atoms with van der Waals surface area (Å²) in [5, 5.41) is 28.1. The van der Waals surface area contributed by atoms with E-state index in [0.29, 0.717) is 17.7 Å². The van der Waals surface area contributed by atoms with E-state index in [9.17, 15) is 10.2 Å². The highest BCUT2D eigenvalue weighted by molar-refractivity contribution is 5.93. The largest absolute Gasteiger partial charge is 0.508 e. The van der Waals surface area contributed by atoms with Crippen molar-refractivity contribution in [3.8, 4) is 11.5 Å². The number of hydrogen-bond donors (Lipinski definition) is 2. The van der Waals surface area contributed by atoms with Crippen LogP contribution in [0.1, 0.15) is 5.56 Å². The SMILES string of the molecule is Oc1ccc(C/N=N/c2ccc(O)c3ncccc23)cc1. The molecule has 1 aromatic heterocycles. The fraction of sp³-hybridized carbons (Fsp3) is 0.0625. The van der Waals surface area contributed by atoms with Crippen LogP contribution in [-0.4, -0.2) is 15.2 Å². The summed E-state index contributed by atoms with van der Waals surface area (Å²) in [6, 6.07) is 13.7. The van der Waals surface area contributed by atoms with Gasteiger partial charge in [-0.2, -0.15) is 10.2 Å². The highest BCUT2D eigenvalue weighted by Gasteiger charge is 2.05. The Labute approximate surface area is 121 Å². The number of phenols is 2. The maximum absolute atomic E-state index is 9.77. The van der Waals surface area contributed by atoms with Gasteiger partial charge in [0.05, 0.1) is 12.2 Å². The number of nitrogens with zero attached hydrogens (tertiary/aromatic N) is 3. The fourth-order valence-electron chi connectivity index (χ4n) is 2.02. The lowest BCUT2D eigenvalue weighted by molar-refractivity contribution is 0.475. The molecule has 0 aliphatic heterocycles. The maximum atomic E-state index is 9.77. The van der Waals surface area contributed by atoms with Crippen LogP contribution in [-0.2, 0) is 6.54 Å². The Kier molecular flexibility index (Phi) is 3.47. The molecule has 2 aromatic carbocycles. The Hall–Kier alpha value is -2.95. The van der Waals surface area contributed by atoms with E-state index in [0.717, 1.165) is 10.9 Å². The van der Waals surface area contributed by atoms with Crippen LogP contribution >= 0.6 is 0 Å². The Morgan fingerprint density at radius 1 is 0.952 bits per heavy atom. The van der Waals surface area contributed by atoms with Crippen LogP contribution in [0.25, 0.3) is 10.9 Å². The zero-order valence-electron chi connectivity index (χ0n) is 11.1. The summed E-state index contributed by atoms with van der Waals surface area (Å²) in [6.45, 7) is 0.420. The molecular weight excluding hydrogens is 266 g/mol. The number of phenolic OH excluding ortho intramolecular Hbond substituents is 2. The van der Waals surface area contributed by atoms with Crippen LogP contribution in [0.5, 0.6) is 11.5 Å². The Morgan fingerprint density at radius 2 is 1.76 bits per heavy atom. The van der Waals surface area contributed by atoms with Crippen molar-refractivity contribution in [2.75, 3.05) is 0 Å². The fourth-order valence-corrected chi connectivity index (χ4v) is 2.02. The molecule has 2 N–H and O–H groups in total. The Balaban J connectivity index is 1.86. The van der Waals surface area contributed by atoms with Crippen molar-refractivity contribution in [3.63, 3.8) is 0 Å². The zero-order chi connectivity index (χ0) is 14.7. The number of hydrogen-bond acceptors (Lipinski definition) is 5. The molecule has 0 bridgehead atoms. The third-order valence-electron chi connectivity index (χ3n) is 3.09. The number of azo groups is 1. The number of aromatic nitrogens is 1. The van der Waals surface area contributed by atoms with Crippen molar-refractivity contribution in [1.29, 1.82) is 0 Å². The Bertz CT molecular complexity index is 798. The lowest BCUT2D eigenvalue weighted by atomic mass is 10.2. The van der Waals surface area contributed by atoms with Gasteiger partial charge in [-0.1, -0.05) is 12.1 Å². The lowest BCUT2D eigenvalue weighted by Crippen LogP contribution is -1.81. The molecule has 21 heavy (non-hydrogen) atoms. The molecule has 5 nitrogen and oxygen atoms in total. The highest BCUT2D eigenvalue weighted by atomic mass is 16.3. The van der Waals surface area contributed by atoms with Crippen molar-refractivity contribution >= 4 is 16.6 Å². The summed E-state index contributed by atoms with van der Waals surface area (Å²) in [4.78, 5) is 4.14. The molecule has 0 unspecified atom stereocenters. The first kappa shape index (κ1) is 13.1. The second kappa shape index (κ2) is 5.58. The van der Waals surface area contributed by atoms with Crippen LogP contribution in [0, 0.1) is 0 Å². The van der Waals surface area contributed by atoms with Crippen molar-refractivity contribution in [3.05, 3.63) is 60.3 Å². The quantitative estimate of drug-likeness (QED) is 0.713. The summed E-state index contributed by atoms with van der Waals surface area (Å²) in [5.41, 5.74) is 2.13. The molecular formula is C16H13N3O2. The van der Waals surface area contributed by atoms with E-state index >= 15 is 0 Å². The van der Waals surface area contributed by atoms with Crippen LogP contribution in [0.4, 0.5) is 5.69 Å². The van der Waals surface area contributed by atoms with Gasteiger partial charge in [0.2, 0.25) is 0 Å². The second-order valence-corrected chi connectivity index (χ2v) is 4.57. The topological polar surface area (TPSA) is 78.1 Å². The molecule has 0 saturated carbocycles. The van der Waals surface area contributed by atoms with Gasteiger partial charge >= 0.3 is 0 Å². The first-order valence-corrected chi connectivity index (χ1v) is 6.46. The summed E-state index contributed by atoms with van der Waals surface area (Å²) >= 11 is 0. The van der Waals surface area contributed by atoms with Crippen LogP contribution in [0.15, 0.2) is 65.0 Å². The summed E-state index contributed by atoms with van der Waals surface area (Å²) in [7, 11) is 0. The predicted molar refractivity (Wildman–Crippen MR) is 79.7 cm³/mol. The van der Waals surface area contributed by atoms with Crippen molar-refractivity contribution in [2.45, 2.75) is 6.54 Å². The van der Waals surface area contributed by atoms with E-state index in [2.05, 4.69) is 15.2 Å². The lowest BCUT2D eigenvalue weighted by Gasteiger charge is -2.02. The highest BCUT2D eigenvalue weighted by Crippen LogP contribution is 2.31. The number of pyridine rings is 1. The zero-order valence-corrected chi connectivity index (χ0v) is 11.1. The molecule has 0 amide bonds. The van der Waals surface area contributed by atoms with Crippen molar-refractivity contribution < 1.29 is 10.2 Å². The van der Waals surface area contributed by atoms with Gasteiger partial charge in [0.15, 0.2) is 0 Å². The average Bonchev–Trinajstić information content (AvgIpc) is 2.52. The number of fused-ring (bicyclic) bond motifs is 1. The standard InChI is InChI=1S/C16H13N3O2/c20-12-5-3-11(4-6-12)10-18-19-14-7-8-15(21)16-13(14)2-1-9-17-16/h1-9,20-21H,10H2/b19-18+. The Morgan fingerprint density at radius 3 is 2.57 bits per heavy atom. The molecule has 0 atom stereocenters. The van der Waals surface area contributed by atoms with E-state index in [4.69, 9.17) is 0 Å². The minimum atomic E-state index is 0.128. The monoisotopic (exact) mass is 279 g/mol. The van der Waals surface area contributed by atoms with Gasteiger partial charge in [0.25, 0.3) is 0 Å². The predicted octanol–water partition coefficient (Wildman–Crippen LogP) is 3.93. The average molecular weight is 279 g/mol. The van der Waals surface area contributed by atoms with Gasteiger partial charge in [0, 0.05) is 11.6 Å². The number of rotatable bonds is 3. The van der Waals surface area contributed by atoms with Gasteiger partial charge in [0.1, 0.15) is 17.0 Å². The van der Waals surface area contributed by atoms with Gasteiger partial charge in [-0.25, -0.2) is 0 Å². The minimum Gasteiger partial charge on any atom is -0.508 e. The molecule has 0 fully saturated rings. The maximum Gasteiger partial charge on any atom is 0.141 e. The van der Waals surface area contributed by atoms with Crippen molar-refractivity contribution in [1.82, 2.24) is 4.98 Å². The van der Waals surface area contributed by atoms with Crippen LogP contribution in [0.3, 0.4) is 0 Å². The number of benzene rings is 2. The molecule has 5 heteroatoms. The summed E-state index contributed by atoms with van der Waals surface area (Å²) < 4.78 is 0. The van der Waals surface area contributed by atoms with E-state index in [1.165, 1.54) is 0 Å². The van der Waals surface area contributed by atoms with Gasteiger partial charge in [-0.3, -0.25) is 4.98 Å².